The van der Waals surface area contributed by atoms with Crippen LogP contribution in [0.2, 0.25) is 0 Å². The molecule has 1 saturated carbocycles. The lowest BCUT2D eigenvalue weighted by Gasteiger charge is -2.12. The number of ether oxygens (including phenoxy) is 2. The van der Waals surface area contributed by atoms with E-state index in [1.807, 2.05) is 38.2 Å². The lowest BCUT2D eigenvalue weighted by molar-refractivity contribution is -0.139. The number of allylic oxidation sites excluding steroid dienone is 3. The van der Waals surface area contributed by atoms with Crippen LogP contribution in [0, 0.1) is 11.3 Å². The number of hydrogen-bond donors (Lipinski definition) is 1. The molecule has 1 aliphatic carbocycles. The first kappa shape index (κ1) is 23.7. The smallest absolute Gasteiger partial charge is 0.319 e. The van der Waals surface area contributed by atoms with Crippen LogP contribution in [0.15, 0.2) is 48.2 Å². The predicted molar refractivity (Wildman–Crippen MR) is 127 cm³/mol. The Bertz CT molecular complexity index is 1030. The summed E-state index contributed by atoms with van der Waals surface area (Å²) in [5.41, 5.74) is 2.76. The SMILES string of the molecule is COC(=O)CN[C@H]1CCC/C1=C\C=C/Cc1cnc(-c2ccc(OC(C)C)c(C#N)c2)s1. The number of nitriles is 1. The zero-order chi connectivity index (χ0) is 22.9. The topological polar surface area (TPSA) is 84.2 Å². The average molecular weight is 452 g/mol. The minimum Gasteiger partial charge on any atom is -0.490 e. The quantitative estimate of drug-likeness (QED) is 0.551. The number of carbonyl (C=O) groups is 1. The van der Waals surface area contributed by atoms with E-state index in [0.29, 0.717) is 11.3 Å². The Labute approximate surface area is 193 Å². The van der Waals surface area contributed by atoms with Crippen molar-refractivity contribution in [3.05, 3.63) is 58.6 Å². The number of carbonyl (C=O) groups excluding carboxylic acids is 1. The first-order chi connectivity index (χ1) is 15.5. The number of hydrogen-bond acceptors (Lipinski definition) is 7. The van der Waals surface area contributed by atoms with E-state index in [1.54, 1.807) is 11.3 Å². The van der Waals surface area contributed by atoms with Gasteiger partial charge in [-0.15, -0.1) is 11.3 Å². The van der Waals surface area contributed by atoms with Gasteiger partial charge >= 0.3 is 5.97 Å². The number of methoxy groups -OCH3 is 1. The number of nitrogens with zero attached hydrogens (tertiary/aromatic N) is 2. The third-order valence-electron chi connectivity index (χ3n) is 5.15. The van der Waals surface area contributed by atoms with Gasteiger partial charge in [0.2, 0.25) is 0 Å². The van der Waals surface area contributed by atoms with Gasteiger partial charge in [-0.25, -0.2) is 4.98 Å². The molecule has 0 unspecified atom stereocenters. The standard InChI is InChI=1S/C25H29N3O3S/c1-17(2)31-23-12-11-19(13-20(23)14-26)25-28-15-21(32-25)9-5-4-7-18-8-6-10-22(18)27-16-24(29)30-3/h4-5,7,11-13,15,17,22,27H,6,8-10,16H2,1-3H3/b5-4-,18-7+/t22-/m0/s1. The maximum Gasteiger partial charge on any atom is 0.319 e. The summed E-state index contributed by atoms with van der Waals surface area (Å²) in [4.78, 5) is 17.0. The fourth-order valence-electron chi connectivity index (χ4n) is 3.60. The van der Waals surface area contributed by atoms with Crippen LogP contribution in [-0.4, -0.2) is 36.8 Å². The summed E-state index contributed by atoms with van der Waals surface area (Å²) in [7, 11) is 1.40. The zero-order valence-corrected chi connectivity index (χ0v) is 19.6. The van der Waals surface area contributed by atoms with Crippen LogP contribution in [0.5, 0.6) is 5.75 Å². The van der Waals surface area contributed by atoms with E-state index in [-0.39, 0.29) is 24.7 Å². The Morgan fingerprint density at radius 3 is 3.03 bits per heavy atom. The van der Waals surface area contributed by atoms with Gasteiger partial charge in [-0.05, 0) is 51.3 Å². The van der Waals surface area contributed by atoms with Gasteiger partial charge in [-0.3, -0.25) is 4.79 Å². The molecule has 0 aliphatic heterocycles. The van der Waals surface area contributed by atoms with Crippen LogP contribution in [0.3, 0.4) is 0 Å². The minimum atomic E-state index is -0.239. The molecule has 6 nitrogen and oxygen atoms in total. The molecule has 168 valence electrons. The first-order valence-corrected chi connectivity index (χ1v) is 11.6. The van der Waals surface area contributed by atoms with Gasteiger partial charge in [-0.2, -0.15) is 5.26 Å². The van der Waals surface area contributed by atoms with Crippen molar-refractivity contribution in [2.24, 2.45) is 0 Å². The molecule has 0 radical (unpaired) electrons. The maximum absolute atomic E-state index is 11.3. The summed E-state index contributed by atoms with van der Waals surface area (Å²) in [6.45, 7) is 4.12. The van der Waals surface area contributed by atoms with Crippen LogP contribution in [0.1, 0.15) is 43.6 Å². The van der Waals surface area contributed by atoms with Crippen molar-refractivity contribution in [2.45, 2.75) is 51.7 Å². The highest BCUT2D eigenvalue weighted by molar-refractivity contribution is 7.15. The van der Waals surface area contributed by atoms with Gasteiger partial charge < -0.3 is 14.8 Å². The van der Waals surface area contributed by atoms with E-state index in [0.717, 1.165) is 41.1 Å². The highest BCUT2D eigenvalue weighted by Gasteiger charge is 2.20. The fourth-order valence-corrected chi connectivity index (χ4v) is 4.48. The number of thiazole rings is 1. The third-order valence-corrected chi connectivity index (χ3v) is 6.22. The second-order valence-corrected chi connectivity index (χ2v) is 9.01. The van der Waals surface area contributed by atoms with Gasteiger partial charge in [0.25, 0.3) is 0 Å². The van der Waals surface area contributed by atoms with Crippen molar-refractivity contribution >= 4 is 17.3 Å². The van der Waals surface area contributed by atoms with Gasteiger partial charge in [0.1, 0.15) is 16.8 Å². The van der Waals surface area contributed by atoms with Gasteiger partial charge in [0.05, 0.1) is 25.3 Å². The van der Waals surface area contributed by atoms with Crippen molar-refractivity contribution in [2.75, 3.05) is 13.7 Å². The molecule has 1 fully saturated rings. The molecule has 1 heterocycles. The van der Waals surface area contributed by atoms with Crippen LogP contribution >= 0.6 is 11.3 Å². The van der Waals surface area contributed by atoms with E-state index in [4.69, 9.17) is 9.47 Å². The summed E-state index contributed by atoms with van der Waals surface area (Å²) >= 11 is 1.62. The van der Waals surface area contributed by atoms with Crippen molar-refractivity contribution in [1.29, 1.82) is 5.26 Å². The van der Waals surface area contributed by atoms with Crippen LogP contribution in [-0.2, 0) is 16.0 Å². The Morgan fingerprint density at radius 1 is 1.44 bits per heavy atom. The van der Waals surface area contributed by atoms with E-state index >= 15 is 0 Å². The molecule has 1 atom stereocenters. The lowest BCUT2D eigenvalue weighted by Crippen LogP contribution is -2.33. The number of rotatable bonds is 9. The zero-order valence-electron chi connectivity index (χ0n) is 18.8. The van der Waals surface area contributed by atoms with Crippen LogP contribution < -0.4 is 10.1 Å². The molecule has 1 aromatic heterocycles. The normalized spacial score (nSPS) is 17.2. The van der Waals surface area contributed by atoms with Crippen LogP contribution in [0.4, 0.5) is 0 Å². The molecule has 3 rings (SSSR count). The number of benzene rings is 1. The van der Waals surface area contributed by atoms with Crippen molar-refractivity contribution < 1.29 is 14.3 Å². The Kier molecular flexibility index (Phi) is 8.60. The average Bonchev–Trinajstić information content (AvgIpc) is 3.44. The second kappa shape index (κ2) is 11.6. The molecule has 1 aromatic carbocycles. The highest BCUT2D eigenvalue weighted by atomic mass is 32.1. The second-order valence-electron chi connectivity index (χ2n) is 7.90. The Morgan fingerprint density at radius 2 is 2.28 bits per heavy atom. The van der Waals surface area contributed by atoms with Gasteiger partial charge in [0.15, 0.2) is 0 Å². The lowest BCUT2D eigenvalue weighted by atomic mass is 10.1. The Hall–Kier alpha value is -2.95. The van der Waals surface area contributed by atoms with Gasteiger partial charge in [0, 0.05) is 29.1 Å². The van der Waals surface area contributed by atoms with Crippen molar-refractivity contribution in [3.8, 4) is 22.4 Å². The highest BCUT2D eigenvalue weighted by Crippen LogP contribution is 2.30. The van der Waals surface area contributed by atoms with Crippen molar-refractivity contribution in [3.63, 3.8) is 0 Å². The molecule has 0 saturated heterocycles. The summed E-state index contributed by atoms with van der Waals surface area (Å²) in [5.74, 6) is 0.363. The number of nitrogens with one attached hydrogen (secondary N) is 1. The largest absolute Gasteiger partial charge is 0.490 e. The van der Waals surface area contributed by atoms with Crippen molar-refractivity contribution in [1.82, 2.24) is 10.3 Å². The first-order valence-electron chi connectivity index (χ1n) is 10.8. The molecule has 7 heteroatoms. The molecular weight excluding hydrogens is 422 g/mol. The molecule has 1 aliphatic rings. The minimum absolute atomic E-state index is 0.0179. The maximum atomic E-state index is 11.3. The van der Waals surface area contributed by atoms with E-state index in [2.05, 4.69) is 34.6 Å². The summed E-state index contributed by atoms with van der Waals surface area (Å²) < 4.78 is 10.4. The van der Waals surface area contributed by atoms with E-state index in [9.17, 15) is 10.1 Å². The van der Waals surface area contributed by atoms with Gasteiger partial charge in [-0.1, -0.05) is 23.8 Å². The third kappa shape index (κ3) is 6.52. The molecule has 0 spiro atoms. The summed E-state index contributed by atoms with van der Waals surface area (Å²) in [6, 6.07) is 8.08. The van der Waals surface area contributed by atoms with E-state index < -0.39 is 0 Å². The molecule has 0 bridgehead atoms. The number of aromatic nitrogens is 1. The summed E-state index contributed by atoms with van der Waals surface area (Å²) in [6.07, 6.45) is 12.3. The monoisotopic (exact) mass is 451 g/mol. The summed E-state index contributed by atoms with van der Waals surface area (Å²) in [5, 5.41) is 13.6. The molecular formula is C25H29N3O3S. The molecule has 32 heavy (non-hydrogen) atoms. The molecule has 1 N–H and O–H groups in total. The van der Waals surface area contributed by atoms with E-state index in [1.165, 1.54) is 12.7 Å². The fraction of sp³-hybridized carbons (Fsp3) is 0.400. The van der Waals surface area contributed by atoms with Crippen LogP contribution in [0.25, 0.3) is 10.6 Å². The molecule has 2 aromatic rings. The Balaban J connectivity index is 1.60. The molecule has 0 amide bonds. The number of esters is 1. The predicted octanol–water partition coefficient (Wildman–Crippen LogP) is 4.81.